The monoisotopic (exact) mass is 382 g/mol. The molecule has 2 aromatic rings. The summed E-state index contributed by atoms with van der Waals surface area (Å²) in [5.41, 5.74) is 3.55. The van der Waals surface area contributed by atoms with E-state index in [9.17, 15) is 9.59 Å². The van der Waals surface area contributed by atoms with Gasteiger partial charge in [-0.05, 0) is 41.8 Å². The van der Waals surface area contributed by atoms with Gasteiger partial charge in [0.2, 0.25) is 11.8 Å². The first-order chi connectivity index (χ1) is 12.8. The molecule has 1 fully saturated rings. The van der Waals surface area contributed by atoms with E-state index in [-0.39, 0.29) is 17.2 Å². The molecule has 3 rings (SSSR count). The number of hydrogen-bond acceptors (Lipinski definition) is 3. The number of nitrogens with zero attached hydrogens (tertiary/aromatic N) is 1. The molecule has 0 radical (unpaired) electrons. The number of rotatable bonds is 4. The summed E-state index contributed by atoms with van der Waals surface area (Å²) in [6.07, 6.45) is 0.940. The third-order valence-electron chi connectivity index (χ3n) is 4.60. The van der Waals surface area contributed by atoms with Crippen LogP contribution in [0, 0.1) is 5.41 Å². The van der Waals surface area contributed by atoms with Gasteiger partial charge in [0, 0.05) is 16.8 Å². The van der Waals surface area contributed by atoms with E-state index >= 15 is 0 Å². The normalized spacial score (nSPS) is 17.3. The number of hydrogen-bond donors (Lipinski definition) is 1. The second-order valence-electron chi connectivity index (χ2n) is 7.78. The van der Waals surface area contributed by atoms with Gasteiger partial charge in [0.1, 0.15) is 5.37 Å². The number of benzene rings is 2. The topological polar surface area (TPSA) is 49.4 Å². The largest absolute Gasteiger partial charge is 0.326 e. The Hall–Kier alpha value is -2.27. The zero-order valence-corrected chi connectivity index (χ0v) is 17.1. The average molecular weight is 383 g/mol. The van der Waals surface area contributed by atoms with E-state index in [1.807, 2.05) is 62.1 Å². The Balaban J connectivity index is 1.82. The molecule has 1 aliphatic heterocycles. The van der Waals surface area contributed by atoms with Crippen LogP contribution in [0.15, 0.2) is 48.5 Å². The lowest BCUT2D eigenvalue weighted by atomic mass is 9.95. The van der Waals surface area contributed by atoms with Crippen molar-refractivity contribution in [2.24, 2.45) is 5.41 Å². The van der Waals surface area contributed by atoms with Gasteiger partial charge in [0.15, 0.2) is 0 Å². The summed E-state index contributed by atoms with van der Waals surface area (Å²) >= 11 is 1.63. The zero-order valence-electron chi connectivity index (χ0n) is 16.3. The van der Waals surface area contributed by atoms with Crippen molar-refractivity contribution >= 4 is 35.0 Å². The van der Waals surface area contributed by atoms with Crippen LogP contribution in [-0.2, 0) is 16.0 Å². The van der Waals surface area contributed by atoms with Crippen LogP contribution in [0.3, 0.4) is 0 Å². The fraction of sp³-hybridized carbons (Fsp3) is 0.364. The van der Waals surface area contributed by atoms with Crippen molar-refractivity contribution in [2.45, 2.75) is 39.5 Å². The molecule has 0 saturated carbocycles. The minimum Gasteiger partial charge on any atom is -0.326 e. The van der Waals surface area contributed by atoms with Crippen LogP contribution in [0.2, 0.25) is 0 Å². The van der Waals surface area contributed by atoms with Crippen LogP contribution >= 0.6 is 11.8 Å². The van der Waals surface area contributed by atoms with E-state index in [0.717, 1.165) is 23.4 Å². The van der Waals surface area contributed by atoms with E-state index < -0.39 is 5.41 Å². The summed E-state index contributed by atoms with van der Waals surface area (Å²) in [6, 6.07) is 16.0. The Labute approximate surface area is 165 Å². The van der Waals surface area contributed by atoms with Crippen LogP contribution in [0.5, 0.6) is 0 Å². The first-order valence-corrected chi connectivity index (χ1v) is 10.3. The number of nitrogens with one attached hydrogen (secondary N) is 1. The second-order valence-corrected chi connectivity index (χ2v) is 8.85. The first kappa shape index (κ1) is 19.5. The number of carbonyl (C=O) groups is 2. The smallest absolute Gasteiger partial charge is 0.238 e. The molecule has 0 aliphatic carbocycles. The second kappa shape index (κ2) is 7.77. The van der Waals surface area contributed by atoms with E-state index in [2.05, 4.69) is 24.4 Å². The standard InChI is InChI=1S/C22H26N2O2S/c1-5-15-7-6-8-18(13-15)24-19(25)14-27-20(24)16-9-11-17(12-10-16)23-21(26)22(2,3)4/h6-13,20H,5,14H2,1-4H3,(H,23,26)/t20-/m1/s1. The summed E-state index contributed by atoms with van der Waals surface area (Å²) in [5.74, 6) is 0.589. The van der Waals surface area contributed by atoms with Gasteiger partial charge in [-0.1, -0.05) is 52.0 Å². The Morgan fingerprint density at radius 2 is 1.89 bits per heavy atom. The molecule has 5 heteroatoms. The maximum atomic E-state index is 12.5. The third-order valence-corrected chi connectivity index (χ3v) is 5.81. The van der Waals surface area contributed by atoms with Crippen molar-refractivity contribution in [1.82, 2.24) is 0 Å². The fourth-order valence-corrected chi connectivity index (χ4v) is 4.10. The molecule has 0 aromatic heterocycles. The molecule has 2 amide bonds. The Bertz CT molecular complexity index is 840. The molecular weight excluding hydrogens is 356 g/mol. The molecule has 1 N–H and O–H groups in total. The van der Waals surface area contributed by atoms with Crippen LogP contribution in [0.25, 0.3) is 0 Å². The molecule has 0 unspecified atom stereocenters. The number of thioether (sulfide) groups is 1. The highest BCUT2D eigenvalue weighted by Crippen LogP contribution is 2.42. The molecule has 4 nitrogen and oxygen atoms in total. The lowest BCUT2D eigenvalue weighted by molar-refractivity contribution is -0.123. The lowest BCUT2D eigenvalue weighted by Gasteiger charge is -2.25. The Morgan fingerprint density at radius 1 is 1.19 bits per heavy atom. The number of aryl methyl sites for hydroxylation is 1. The van der Waals surface area contributed by atoms with E-state index in [4.69, 9.17) is 0 Å². The quantitative estimate of drug-likeness (QED) is 0.808. The molecule has 27 heavy (non-hydrogen) atoms. The van der Waals surface area contributed by atoms with Crippen LogP contribution in [0.4, 0.5) is 11.4 Å². The molecule has 1 aliphatic rings. The van der Waals surface area contributed by atoms with Crippen LogP contribution in [0.1, 0.15) is 44.2 Å². The molecule has 0 spiro atoms. The Kier molecular flexibility index (Phi) is 5.61. The highest BCUT2D eigenvalue weighted by molar-refractivity contribution is 8.00. The predicted octanol–water partition coefficient (Wildman–Crippen LogP) is 5.01. The summed E-state index contributed by atoms with van der Waals surface area (Å²) < 4.78 is 0. The number of carbonyl (C=O) groups excluding carboxylic acids is 2. The van der Waals surface area contributed by atoms with Gasteiger partial charge >= 0.3 is 0 Å². The van der Waals surface area contributed by atoms with Crippen molar-refractivity contribution < 1.29 is 9.59 Å². The Morgan fingerprint density at radius 3 is 2.52 bits per heavy atom. The van der Waals surface area contributed by atoms with Crippen molar-refractivity contribution in [3.63, 3.8) is 0 Å². The van der Waals surface area contributed by atoms with Crippen molar-refractivity contribution in [2.75, 3.05) is 16.0 Å². The fourth-order valence-electron chi connectivity index (χ4n) is 2.93. The highest BCUT2D eigenvalue weighted by Gasteiger charge is 2.34. The SMILES string of the molecule is CCc1cccc(N2C(=O)CS[C@@H]2c2ccc(NC(=O)C(C)(C)C)cc2)c1. The maximum absolute atomic E-state index is 12.5. The molecule has 1 atom stereocenters. The molecule has 0 bridgehead atoms. The summed E-state index contributed by atoms with van der Waals surface area (Å²) in [4.78, 5) is 26.6. The van der Waals surface area contributed by atoms with Gasteiger partial charge in [-0.15, -0.1) is 11.8 Å². The molecule has 142 valence electrons. The minimum absolute atomic E-state index is 0.0151. The number of amides is 2. The zero-order chi connectivity index (χ0) is 19.6. The maximum Gasteiger partial charge on any atom is 0.238 e. The summed E-state index contributed by atoms with van der Waals surface area (Å²) in [7, 11) is 0. The molecule has 1 saturated heterocycles. The van der Waals surface area contributed by atoms with Crippen LogP contribution < -0.4 is 10.2 Å². The van der Waals surface area contributed by atoms with Gasteiger partial charge in [0.25, 0.3) is 0 Å². The number of anilines is 2. The molecule has 2 aromatic carbocycles. The first-order valence-electron chi connectivity index (χ1n) is 9.23. The predicted molar refractivity (Wildman–Crippen MR) is 113 cm³/mol. The van der Waals surface area contributed by atoms with E-state index in [0.29, 0.717) is 5.75 Å². The van der Waals surface area contributed by atoms with Gasteiger partial charge in [0.05, 0.1) is 5.75 Å². The molecular formula is C22H26N2O2S. The van der Waals surface area contributed by atoms with Crippen LogP contribution in [-0.4, -0.2) is 17.6 Å². The van der Waals surface area contributed by atoms with Gasteiger partial charge in [-0.3, -0.25) is 14.5 Å². The van der Waals surface area contributed by atoms with E-state index in [1.165, 1.54) is 5.56 Å². The third kappa shape index (κ3) is 4.35. The van der Waals surface area contributed by atoms with E-state index in [1.54, 1.807) is 11.8 Å². The minimum atomic E-state index is -0.437. The van der Waals surface area contributed by atoms with Gasteiger partial charge < -0.3 is 5.32 Å². The van der Waals surface area contributed by atoms with Crippen molar-refractivity contribution in [3.05, 3.63) is 59.7 Å². The van der Waals surface area contributed by atoms with Crippen molar-refractivity contribution in [1.29, 1.82) is 0 Å². The van der Waals surface area contributed by atoms with Crippen molar-refractivity contribution in [3.8, 4) is 0 Å². The molecule has 1 heterocycles. The highest BCUT2D eigenvalue weighted by atomic mass is 32.2. The average Bonchev–Trinajstić information content (AvgIpc) is 3.03. The summed E-state index contributed by atoms with van der Waals surface area (Å²) in [6.45, 7) is 7.78. The summed E-state index contributed by atoms with van der Waals surface area (Å²) in [5, 5.41) is 2.90. The lowest BCUT2D eigenvalue weighted by Crippen LogP contribution is -2.28. The van der Waals surface area contributed by atoms with Gasteiger partial charge in [-0.2, -0.15) is 0 Å². The van der Waals surface area contributed by atoms with Gasteiger partial charge in [-0.25, -0.2) is 0 Å².